The van der Waals surface area contributed by atoms with Crippen molar-refractivity contribution in [3.8, 4) is 5.75 Å². The van der Waals surface area contributed by atoms with Crippen molar-refractivity contribution in [3.63, 3.8) is 0 Å². The molecule has 1 aliphatic heterocycles. The minimum atomic E-state index is -0.176. The Hall–Kier alpha value is -2.80. The molecule has 0 aliphatic carbocycles. The molecule has 0 radical (unpaired) electrons. The first-order chi connectivity index (χ1) is 11.2. The Morgan fingerprint density at radius 3 is 2.78 bits per heavy atom. The summed E-state index contributed by atoms with van der Waals surface area (Å²) < 4.78 is 5.91. The zero-order chi connectivity index (χ0) is 16.2. The SMILES string of the molecule is [C-]#[N+]c1ccc(C(=O)Nc2ccc3c(c2)CCC(CC)O3)cc1. The number of nitrogens with zero attached hydrogens (tertiary/aromatic N) is 1. The van der Waals surface area contributed by atoms with Crippen molar-refractivity contribution >= 4 is 17.3 Å². The Labute approximate surface area is 135 Å². The van der Waals surface area contributed by atoms with Crippen LogP contribution in [-0.2, 0) is 6.42 Å². The first-order valence-electron chi connectivity index (χ1n) is 7.78. The number of benzene rings is 2. The average Bonchev–Trinajstić information content (AvgIpc) is 2.61. The van der Waals surface area contributed by atoms with Gasteiger partial charge in [0, 0.05) is 11.3 Å². The Balaban J connectivity index is 1.73. The summed E-state index contributed by atoms with van der Waals surface area (Å²) in [6.07, 6.45) is 3.29. The summed E-state index contributed by atoms with van der Waals surface area (Å²) in [7, 11) is 0. The van der Waals surface area contributed by atoms with Gasteiger partial charge in [0.2, 0.25) is 0 Å². The number of hydrogen-bond acceptors (Lipinski definition) is 2. The van der Waals surface area contributed by atoms with Gasteiger partial charge in [-0.3, -0.25) is 4.79 Å². The number of rotatable bonds is 3. The number of aryl methyl sites for hydroxylation is 1. The average molecular weight is 306 g/mol. The van der Waals surface area contributed by atoms with Gasteiger partial charge in [-0.25, -0.2) is 4.85 Å². The summed E-state index contributed by atoms with van der Waals surface area (Å²) in [6, 6.07) is 12.4. The molecule has 23 heavy (non-hydrogen) atoms. The van der Waals surface area contributed by atoms with Gasteiger partial charge >= 0.3 is 0 Å². The van der Waals surface area contributed by atoms with Gasteiger partial charge in [0.05, 0.1) is 12.7 Å². The third-order valence-electron chi connectivity index (χ3n) is 4.06. The van der Waals surface area contributed by atoms with Crippen LogP contribution in [0.1, 0.15) is 35.7 Å². The highest BCUT2D eigenvalue weighted by atomic mass is 16.5. The van der Waals surface area contributed by atoms with Gasteiger partial charge in [-0.15, -0.1) is 0 Å². The van der Waals surface area contributed by atoms with Crippen molar-refractivity contribution in [1.82, 2.24) is 0 Å². The van der Waals surface area contributed by atoms with E-state index in [0.717, 1.165) is 36.3 Å². The van der Waals surface area contributed by atoms with Crippen molar-refractivity contribution in [2.75, 3.05) is 5.32 Å². The quantitative estimate of drug-likeness (QED) is 0.843. The van der Waals surface area contributed by atoms with Crippen LogP contribution in [0.5, 0.6) is 5.75 Å². The highest BCUT2D eigenvalue weighted by Gasteiger charge is 2.18. The summed E-state index contributed by atoms with van der Waals surface area (Å²) in [4.78, 5) is 15.6. The van der Waals surface area contributed by atoms with Crippen LogP contribution in [0, 0.1) is 6.57 Å². The van der Waals surface area contributed by atoms with Gasteiger partial charge in [-0.1, -0.05) is 31.2 Å². The molecule has 0 spiro atoms. The molecule has 0 aromatic heterocycles. The zero-order valence-corrected chi connectivity index (χ0v) is 13.0. The minimum Gasteiger partial charge on any atom is -0.490 e. The number of carbonyl (C=O) groups excluding carboxylic acids is 1. The van der Waals surface area contributed by atoms with Crippen LogP contribution in [-0.4, -0.2) is 12.0 Å². The fourth-order valence-electron chi connectivity index (χ4n) is 2.70. The van der Waals surface area contributed by atoms with E-state index in [1.807, 2.05) is 18.2 Å². The second-order valence-corrected chi connectivity index (χ2v) is 5.62. The molecule has 1 unspecified atom stereocenters. The molecular formula is C19H18N2O2. The lowest BCUT2D eigenvalue weighted by molar-refractivity contribution is 0.102. The number of fused-ring (bicyclic) bond motifs is 1. The summed E-state index contributed by atoms with van der Waals surface area (Å²) >= 11 is 0. The van der Waals surface area contributed by atoms with Crippen molar-refractivity contribution in [3.05, 3.63) is 65.0 Å². The largest absolute Gasteiger partial charge is 0.490 e. The molecule has 1 atom stereocenters. The van der Waals surface area contributed by atoms with Crippen molar-refractivity contribution < 1.29 is 9.53 Å². The molecule has 2 aromatic rings. The van der Waals surface area contributed by atoms with Crippen LogP contribution >= 0.6 is 0 Å². The third-order valence-corrected chi connectivity index (χ3v) is 4.06. The smallest absolute Gasteiger partial charge is 0.255 e. The standard InChI is InChI=1S/C19H18N2O2/c1-3-17-10-6-14-12-16(9-11-18(14)23-17)21-19(22)13-4-7-15(20-2)8-5-13/h4-5,7-9,11-12,17H,3,6,10H2,1H3,(H,21,22). The lowest BCUT2D eigenvalue weighted by atomic mass is 10.0. The first-order valence-corrected chi connectivity index (χ1v) is 7.78. The highest BCUT2D eigenvalue weighted by Crippen LogP contribution is 2.31. The summed E-state index contributed by atoms with van der Waals surface area (Å²) in [5.74, 6) is 0.743. The monoisotopic (exact) mass is 306 g/mol. The molecule has 4 heteroatoms. The van der Waals surface area contributed by atoms with Crippen molar-refractivity contribution in [2.45, 2.75) is 32.3 Å². The Morgan fingerprint density at radius 1 is 1.30 bits per heavy atom. The maximum Gasteiger partial charge on any atom is 0.255 e. The normalized spacial score (nSPS) is 15.9. The molecule has 0 fully saturated rings. The van der Waals surface area contributed by atoms with E-state index < -0.39 is 0 Å². The first kappa shape index (κ1) is 15.1. The fraction of sp³-hybridized carbons (Fsp3) is 0.263. The molecule has 4 nitrogen and oxygen atoms in total. The van der Waals surface area contributed by atoms with Crippen molar-refractivity contribution in [1.29, 1.82) is 0 Å². The predicted molar refractivity (Wildman–Crippen MR) is 90.1 cm³/mol. The molecule has 1 amide bonds. The summed E-state index contributed by atoms with van der Waals surface area (Å²) in [6.45, 7) is 9.06. The van der Waals surface area contributed by atoms with Crippen LogP contribution in [0.15, 0.2) is 42.5 Å². The van der Waals surface area contributed by atoms with E-state index in [9.17, 15) is 4.79 Å². The molecule has 0 saturated heterocycles. The number of anilines is 1. The van der Waals surface area contributed by atoms with Gasteiger partial charge in [-0.2, -0.15) is 0 Å². The maximum absolute atomic E-state index is 12.3. The second-order valence-electron chi connectivity index (χ2n) is 5.62. The second kappa shape index (κ2) is 6.53. The number of carbonyl (C=O) groups is 1. The predicted octanol–water partition coefficient (Wildman–Crippen LogP) is 4.59. The Morgan fingerprint density at radius 2 is 2.09 bits per heavy atom. The maximum atomic E-state index is 12.3. The van der Waals surface area contributed by atoms with Crippen LogP contribution in [0.4, 0.5) is 11.4 Å². The lowest BCUT2D eigenvalue weighted by Crippen LogP contribution is -2.21. The number of hydrogen-bond donors (Lipinski definition) is 1. The van der Waals surface area contributed by atoms with Crippen LogP contribution in [0.25, 0.3) is 4.85 Å². The van der Waals surface area contributed by atoms with Crippen LogP contribution in [0.3, 0.4) is 0 Å². The van der Waals surface area contributed by atoms with Gasteiger partial charge < -0.3 is 10.1 Å². The van der Waals surface area contributed by atoms with E-state index in [-0.39, 0.29) is 5.91 Å². The minimum absolute atomic E-state index is 0.176. The molecule has 0 bridgehead atoms. The Bertz CT molecular complexity index is 760. The van der Waals surface area contributed by atoms with Crippen LogP contribution < -0.4 is 10.1 Å². The van der Waals surface area contributed by atoms with E-state index in [1.54, 1.807) is 24.3 Å². The van der Waals surface area contributed by atoms with Crippen molar-refractivity contribution in [2.24, 2.45) is 0 Å². The lowest BCUT2D eigenvalue weighted by Gasteiger charge is -2.25. The molecule has 116 valence electrons. The fourth-order valence-corrected chi connectivity index (χ4v) is 2.70. The Kier molecular flexibility index (Phi) is 4.29. The molecule has 1 aliphatic rings. The molecule has 2 aromatic carbocycles. The molecule has 0 saturated carbocycles. The number of ether oxygens (including phenoxy) is 1. The zero-order valence-electron chi connectivity index (χ0n) is 13.0. The van der Waals surface area contributed by atoms with Gasteiger partial charge in [0.1, 0.15) is 5.75 Å². The summed E-state index contributed by atoms with van der Waals surface area (Å²) in [5, 5.41) is 2.90. The van der Waals surface area contributed by atoms with E-state index in [4.69, 9.17) is 11.3 Å². The number of amides is 1. The van der Waals surface area contributed by atoms with Gasteiger partial charge in [-0.05, 0) is 43.0 Å². The summed E-state index contributed by atoms with van der Waals surface area (Å²) in [5.41, 5.74) is 2.97. The van der Waals surface area contributed by atoms with Gasteiger partial charge in [0.25, 0.3) is 5.91 Å². The van der Waals surface area contributed by atoms with E-state index >= 15 is 0 Å². The van der Waals surface area contributed by atoms with E-state index in [2.05, 4.69) is 17.1 Å². The molecule has 1 heterocycles. The van der Waals surface area contributed by atoms with E-state index in [1.165, 1.54) is 0 Å². The topological polar surface area (TPSA) is 42.7 Å². The van der Waals surface area contributed by atoms with E-state index in [0.29, 0.717) is 17.4 Å². The van der Waals surface area contributed by atoms with Gasteiger partial charge in [0.15, 0.2) is 5.69 Å². The highest BCUT2D eigenvalue weighted by molar-refractivity contribution is 6.04. The molecular weight excluding hydrogens is 288 g/mol. The molecule has 3 rings (SSSR count). The third kappa shape index (κ3) is 3.35. The van der Waals surface area contributed by atoms with Crippen LogP contribution in [0.2, 0.25) is 0 Å². The molecule has 1 N–H and O–H groups in total. The number of nitrogens with one attached hydrogen (secondary N) is 1.